The molecule has 14 nitrogen and oxygen atoms in total. The molecule has 7 aromatic rings. The number of carbonyl (C=O) groups is 2. The van der Waals surface area contributed by atoms with Gasteiger partial charge in [0.2, 0.25) is 43.4 Å². The molecule has 0 fully saturated rings. The van der Waals surface area contributed by atoms with E-state index in [9.17, 15) is 26.4 Å². The van der Waals surface area contributed by atoms with Crippen LogP contribution in [0.1, 0.15) is 53.4 Å². The zero-order valence-electron chi connectivity index (χ0n) is 39.2. The van der Waals surface area contributed by atoms with E-state index in [1.54, 1.807) is 61.0 Å². The van der Waals surface area contributed by atoms with Crippen LogP contribution in [0.3, 0.4) is 0 Å². The number of ether oxygens (including phenoxy) is 2. The number of nitrogens with zero attached hydrogens (tertiary/aromatic N) is 2. The lowest BCUT2D eigenvalue weighted by Gasteiger charge is -2.24. The van der Waals surface area contributed by atoms with Gasteiger partial charge in [-0.3, -0.25) is 19.0 Å². The number of hydrogen-bond donors (Lipinski definition) is 2. The molecule has 362 valence electrons. The summed E-state index contributed by atoms with van der Waals surface area (Å²) in [6.07, 6.45) is 2.98. The zero-order chi connectivity index (χ0) is 49.8. The Balaban J connectivity index is 0.000000229. The van der Waals surface area contributed by atoms with Crippen molar-refractivity contribution in [3.63, 3.8) is 0 Å². The summed E-state index contributed by atoms with van der Waals surface area (Å²) in [5.74, 6) is 2.17. The number of oxazole rings is 2. The number of nitrogens with one attached hydrogen (secondary N) is 2. The van der Waals surface area contributed by atoms with Crippen LogP contribution in [-0.2, 0) is 61.0 Å². The van der Waals surface area contributed by atoms with Gasteiger partial charge in [-0.2, -0.15) is 0 Å². The molecule has 5 aromatic carbocycles. The Morgan fingerprint density at radius 1 is 0.565 bits per heavy atom. The Hall–Kier alpha value is -7.11. The molecular formula is C52H55FN4O10S2. The number of aryl methyl sites for hydroxylation is 2. The van der Waals surface area contributed by atoms with E-state index < -0.39 is 42.9 Å². The van der Waals surface area contributed by atoms with E-state index in [1.807, 2.05) is 103 Å². The molecule has 17 heteroatoms. The van der Waals surface area contributed by atoms with Gasteiger partial charge < -0.3 is 18.3 Å². The second kappa shape index (κ2) is 22.3. The maximum absolute atomic E-state index is 16.1. The van der Waals surface area contributed by atoms with Gasteiger partial charge in [0, 0.05) is 35.8 Å². The van der Waals surface area contributed by atoms with Crippen LogP contribution in [0.4, 0.5) is 4.39 Å². The lowest BCUT2D eigenvalue weighted by Crippen LogP contribution is -2.45. The van der Waals surface area contributed by atoms with Crippen molar-refractivity contribution in [2.45, 2.75) is 59.0 Å². The van der Waals surface area contributed by atoms with Crippen LogP contribution >= 0.6 is 0 Å². The zero-order valence-corrected chi connectivity index (χ0v) is 40.8. The highest BCUT2D eigenvalue weighted by molar-refractivity contribution is 7.89. The topological polar surface area (TPSA) is 197 Å². The molecule has 0 saturated carbocycles. The molecule has 1 atom stereocenters. The number of carbonyl (C=O) groups excluding carboxylic acids is 2. The molecule has 0 aliphatic rings. The largest absolute Gasteiger partial charge is 0.493 e. The van der Waals surface area contributed by atoms with Crippen LogP contribution in [0.15, 0.2) is 148 Å². The molecule has 0 saturated heterocycles. The third-order valence-corrected chi connectivity index (χ3v) is 11.9. The van der Waals surface area contributed by atoms with Crippen molar-refractivity contribution in [3.05, 3.63) is 179 Å². The van der Waals surface area contributed by atoms with Crippen molar-refractivity contribution in [1.29, 1.82) is 0 Å². The van der Waals surface area contributed by atoms with Gasteiger partial charge in [-0.1, -0.05) is 105 Å². The third-order valence-electron chi connectivity index (χ3n) is 10.7. The highest BCUT2D eigenvalue weighted by Gasteiger charge is 2.42. The van der Waals surface area contributed by atoms with Crippen LogP contribution in [0.2, 0.25) is 0 Å². The fourth-order valence-corrected chi connectivity index (χ4v) is 8.22. The van der Waals surface area contributed by atoms with E-state index in [0.717, 1.165) is 52.1 Å². The van der Waals surface area contributed by atoms with Crippen LogP contribution in [0.5, 0.6) is 11.5 Å². The van der Waals surface area contributed by atoms with Gasteiger partial charge in [0.1, 0.15) is 23.0 Å². The lowest BCUT2D eigenvalue weighted by atomic mass is 9.85. The van der Waals surface area contributed by atoms with E-state index in [-0.39, 0.29) is 12.0 Å². The summed E-state index contributed by atoms with van der Waals surface area (Å²) in [6.45, 7) is 7.98. The molecule has 69 heavy (non-hydrogen) atoms. The molecule has 2 amide bonds. The van der Waals surface area contributed by atoms with Gasteiger partial charge in [0.15, 0.2) is 0 Å². The summed E-state index contributed by atoms with van der Waals surface area (Å²) >= 11 is 0. The second-order valence-corrected chi connectivity index (χ2v) is 20.6. The normalized spacial score (nSPS) is 12.5. The average Bonchev–Trinajstić information content (AvgIpc) is 3.88. The SMILES string of the molecule is Cc1oc(-c2ccccc2)nc1CCOc1ccc(CC(C)(C)C(=O)NS(C)(=O)=O)cc1.Cc1oc(-c2ccccc2)nc1CCOc1ccc(CC(F)(C(=O)NS(C)(=O)=O)c2ccccc2)cc1. The minimum atomic E-state index is -3.94. The molecule has 0 bridgehead atoms. The highest BCUT2D eigenvalue weighted by Crippen LogP contribution is 2.32. The highest BCUT2D eigenvalue weighted by atomic mass is 32.2. The lowest BCUT2D eigenvalue weighted by molar-refractivity contribution is -0.131. The van der Waals surface area contributed by atoms with Crippen molar-refractivity contribution in [3.8, 4) is 34.4 Å². The number of amides is 2. The fraction of sp³-hybridized carbons (Fsp3) is 0.269. The number of hydrogen-bond acceptors (Lipinski definition) is 12. The van der Waals surface area contributed by atoms with Crippen LogP contribution in [-0.4, -0.2) is 64.3 Å². The van der Waals surface area contributed by atoms with E-state index in [4.69, 9.17) is 18.3 Å². The minimum absolute atomic E-state index is 0.0642. The summed E-state index contributed by atoms with van der Waals surface area (Å²) in [7, 11) is -7.52. The number of aromatic nitrogens is 2. The number of benzene rings is 5. The van der Waals surface area contributed by atoms with Crippen LogP contribution < -0.4 is 18.9 Å². The quantitative estimate of drug-likeness (QED) is 0.0784. The van der Waals surface area contributed by atoms with Crippen molar-refractivity contribution in [1.82, 2.24) is 19.4 Å². The second-order valence-electron chi connectivity index (χ2n) is 17.1. The minimum Gasteiger partial charge on any atom is -0.493 e. The van der Waals surface area contributed by atoms with Crippen molar-refractivity contribution in [2.75, 3.05) is 25.7 Å². The first-order valence-corrected chi connectivity index (χ1v) is 25.7. The monoisotopic (exact) mass is 978 g/mol. The Bertz CT molecular complexity index is 3040. The van der Waals surface area contributed by atoms with Gasteiger partial charge in [-0.25, -0.2) is 31.2 Å². The molecule has 2 aromatic heterocycles. The molecule has 2 N–H and O–H groups in total. The molecule has 0 radical (unpaired) electrons. The number of rotatable bonds is 19. The van der Waals surface area contributed by atoms with Gasteiger partial charge in [0.05, 0.1) is 37.1 Å². The molecule has 0 spiro atoms. The predicted molar refractivity (Wildman–Crippen MR) is 261 cm³/mol. The van der Waals surface area contributed by atoms with Crippen molar-refractivity contribution < 1.29 is 49.1 Å². The first-order chi connectivity index (χ1) is 32.7. The first-order valence-electron chi connectivity index (χ1n) is 21.9. The smallest absolute Gasteiger partial charge is 0.276 e. The number of sulfonamides is 2. The Morgan fingerprint density at radius 3 is 1.35 bits per heavy atom. The van der Waals surface area contributed by atoms with Crippen molar-refractivity contribution >= 4 is 31.9 Å². The van der Waals surface area contributed by atoms with Crippen LogP contribution in [0, 0.1) is 19.3 Å². The molecule has 1 unspecified atom stereocenters. The van der Waals surface area contributed by atoms with E-state index >= 15 is 4.39 Å². The Labute approximate surface area is 402 Å². The first kappa shape index (κ1) is 51.3. The predicted octanol–water partition coefficient (Wildman–Crippen LogP) is 8.67. The molecule has 0 aliphatic heterocycles. The average molecular weight is 979 g/mol. The third kappa shape index (κ3) is 14.9. The number of alkyl halides is 1. The van der Waals surface area contributed by atoms with Crippen LogP contribution in [0.25, 0.3) is 22.9 Å². The molecule has 7 rings (SSSR count). The van der Waals surface area contributed by atoms with Gasteiger partial charge in [-0.05, 0) is 85.5 Å². The summed E-state index contributed by atoms with van der Waals surface area (Å²) in [6, 6.07) is 41.3. The molecule has 0 aliphatic carbocycles. The van der Waals surface area contributed by atoms with Gasteiger partial charge in [-0.15, -0.1) is 0 Å². The maximum atomic E-state index is 16.1. The summed E-state index contributed by atoms with van der Waals surface area (Å²) in [5, 5.41) is 0. The van der Waals surface area contributed by atoms with E-state index in [2.05, 4.69) is 9.97 Å². The molecule has 2 heterocycles. The fourth-order valence-electron chi connectivity index (χ4n) is 7.11. The summed E-state index contributed by atoms with van der Waals surface area (Å²) < 4.78 is 88.9. The Kier molecular flexibility index (Phi) is 16.6. The summed E-state index contributed by atoms with van der Waals surface area (Å²) in [4.78, 5) is 34.0. The Morgan fingerprint density at radius 2 is 0.942 bits per heavy atom. The van der Waals surface area contributed by atoms with Gasteiger partial charge in [0.25, 0.3) is 5.91 Å². The van der Waals surface area contributed by atoms with Gasteiger partial charge >= 0.3 is 0 Å². The maximum Gasteiger partial charge on any atom is 0.276 e. The summed E-state index contributed by atoms with van der Waals surface area (Å²) in [5.41, 5.74) is 1.53. The molecular weight excluding hydrogens is 924 g/mol. The van der Waals surface area contributed by atoms with E-state index in [0.29, 0.717) is 61.3 Å². The number of halogens is 1. The standard InChI is InChI=1S/C28H27FN2O5S.C24H28N2O5S/c1-20-25(30-26(36-20)22-9-5-3-6-10-22)17-18-35-24-15-13-21(14-16-24)19-28(29,23-11-7-4-8-12-23)27(32)31-37(2,33)34;1-17-21(25-22(31-17)19-8-6-5-7-9-19)14-15-30-20-12-10-18(11-13-20)16-24(2,3)23(27)26-32(4,28)29/h3-16H,17-19H2,1-2H3,(H,31,32);5-13H,14-16H2,1-4H3,(H,26,27). The van der Waals surface area contributed by atoms with E-state index in [1.165, 1.54) is 12.1 Å². The van der Waals surface area contributed by atoms with Crippen molar-refractivity contribution in [2.24, 2.45) is 5.41 Å².